The van der Waals surface area contributed by atoms with Crippen molar-refractivity contribution in [2.75, 3.05) is 0 Å². The van der Waals surface area contributed by atoms with Crippen LogP contribution in [0.2, 0.25) is 0 Å². The van der Waals surface area contributed by atoms with Gasteiger partial charge in [-0.15, -0.1) is 0 Å². The Hall–Kier alpha value is -5.93. The standard InChI is InChI=1S/C41H26N2O/c1-4-13-27(14-5-1)29-25-35(28-15-6-2-7-16-28)42-36(26-29)33-21-12-20-31-32-23-24-38-39(41(32)44-40(31)33)34-19-10-11-22-37(34)43(38)30-17-8-3-9-18-30/h1-26H. The summed E-state index contributed by atoms with van der Waals surface area (Å²) in [4.78, 5) is 5.21. The van der Waals surface area contributed by atoms with Gasteiger partial charge >= 0.3 is 0 Å². The van der Waals surface area contributed by atoms with E-state index in [-0.39, 0.29) is 0 Å². The van der Waals surface area contributed by atoms with E-state index in [0.29, 0.717) is 0 Å². The van der Waals surface area contributed by atoms with Crippen LogP contribution in [0.15, 0.2) is 162 Å². The molecule has 3 heteroatoms. The molecular formula is C41H26N2O. The van der Waals surface area contributed by atoms with Crippen LogP contribution in [-0.4, -0.2) is 9.55 Å². The second kappa shape index (κ2) is 9.82. The summed E-state index contributed by atoms with van der Waals surface area (Å²) in [6.07, 6.45) is 0. The van der Waals surface area contributed by atoms with E-state index in [1.165, 1.54) is 5.39 Å². The predicted molar refractivity (Wildman–Crippen MR) is 182 cm³/mol. The molecule has 0 radical (unpaired) electrons. The zero-order valence-corrected chi connectivity index (χ0v) is 23.8. The number of fused-ring (bicyclic) bond motifs is 7. The first kappa shape index (κ1) is 24.6. The van der Waals surface area contributed by atoms with Gasteiger partial charge in [-0.3, -0.25) is 0 Å². The van der Waals surface area contributed by atoms with Gasteiger partial charge in [0.05, 0.1) is 27.8 Å². The first-order valence-corrected chi connectivity index (χ1v) is 14.9. The van der Waals surface area contributed by atoms with Gasteiger partial charge in [0.1, 0.15) is 11.2 Å². The second-order valence-corrected chi connectivity index (χ2v) is 11.2. The van der Waals surface area contributed by atoms with Crippen LogP contribution in [-0.2, 0) is 0 Å². The van der Waals surface area contributed by atoms with E-state index in [9.17, 15) is 0 Å². The van der Waals surface area contributed by atoms with Gasteiger partial charge in [0.15, 0.2) is 0 Å². The van der Waals surface area contributed by atoms with Gasteiger partial charge < -0.3 is 8.98 Å². The summed E-state index contributed by atoms with van der Waals surface area (Å²) in [5.41, 5.74) is 11.3. The molecule has 206 valence electrons. The summed E-state index contributed by atoms with van der Waals surface area (Å²) in [6.45, 7) is 0. The number of nitrogens with zero attached hydrogens (tertiary/aromatic N) is 2. The fourth-order valence-electron chi connectivity index (χ4n) is 6.59. The molecule has 0 saturated heterocycles. The van der Waals surface area contributed by atoms with Gasteiger partial charge in [-0.25, -0.2) is 4.98 Å². The van der Waals surface area contributed by atoms with Crippen molar-refractivity contribution in [1.29, 1.82) is 0 Å². The second-order valence-electron chi connectivity index (χ2n) is 11.2. The van der Waals surface area contributed by atoms with Crippen molar-refractivity contribution < 1.29 is 4.42 Å². The number of aromatic nitrogens is 2. The lowest BCUT2D eigenvalue weighted by molar-refractivity contribution is 0.674. The molecule has 0 aliphatic carbocycles. The maximum Gasteiger partial charge on any atom is 0.145 e. The molecule has 9 rings (SSSR count). The third-order valence-electron chi connectivity index (χ3n) is 8.59. The third kappa shape index (κ3) is 3.80. The fourth-order valence-corrected chi connectivity index (χ4v) is 6.59. The summed E-state index contributed by atoms with van der Waals surface area (Å²) >= 11 is 0. The molecule has 0 bridgehead atoms. The molecular weight excluding hydrogens is 536 g/mol. The van der Waals surface area contributed by atoms with Crippen LogP contribution in [0.3, 0.4) is 0 Å². The van der Waals surface area contributed by atoms with Gasteiger partial charge in [0.25, 0.3) is 0 Å². The van der Waals surface area contributed by atoms with Crippen molar-refractivity contribution in [2.45, 2.75) is 0 Å². The average molecular weight is 563 g/mol. The summed E-state index contributed by atoms with van der Waals surface area (Å²) in [6, 6.07) is 55.2. The van der Waals surface area contributed by atoms with Crippen LogP contribution in [0, 0.1) is 0 Å². The Morgan fingerprint density at radius 1 is 0.432 bits per heavy atom. The summed E-state index contributed by atoms with van der Waals surface area (Å²) < 4.78 is 9.28. The Morgan fingerprint density at radius 3 is 1.86 bits per heavy atom. The highest BCUT2D eigenvalue weighted by Crippen LogP contribution is 2.43. The van der Waals surface area contributed by atoms with Gasteiger partial charge in [0, 0.05) is 33.0 Å². The van der Waals surface area contributed by atoms with Crippen LogP contribution < -0.4 is 0 Å². The van der Waals surface area contributed by atoms with Crippen LogP contribution in [0.4, 0.5) is 0 Å². The van der Waals surface area contributed by atoms with Crippen molar-refractivity contribution >= 4 is 43.7 Å². The van der Waals surface area contributed by atoms with Crippen molar-refractivity contribution in [3.05, 3.63) is 158 Å². The molecule has 0 fully saturated rings. The smallest absolute Gasteiger partial charge is 0.145 e. The summed E-state index contributed by atoms with van der Waals surface area (Å²) in [7, 11) is 0. The van der Waals surface area contributed by atoms with Crippen LogP contribution >= 0.6 is 0 Å². The Bertz CT molecular complexity index is 2420. The molecule has 0 aliphatic rings. The maximum absolute atomic E-state index is 6.95. The Labute approximate surface area is 254 Å². The molecule has 0 unspecified atom stereocenters. The van der Waals surface area contributed by atoms with E-state index in [4.69, 9.17) is 9.40 Å². The van der Waals surface area contributed by atoms with Gasteiger partial charge in [0.2, 0.25) is 0 Å². The summed E-state index contributed by atoms with van der Waals surface area (Å²) in [5.74, 6) is 0. The number of furan rings is 1. The monoisotopic (exact) mass is 562 g/mol. The van der Waals surface area contributed by atoms with Crippen molar-refractivity contribution in [2.24, 2.45) is 0 Å². The van der Waals surface area contributed by atoms with E-state index in [1.807, 2.05) is 12.1 Å². The molecule has 3 heterocycles. The normalized spacial score (nSPS) is 11.6. The van der Waals surface area contributed by atoms with Crippen molar-refractivity contribution in [3.8, 4) is 39.3 Å². The highest BCUT2D eigenvalue weighted by molar-refractivity contribution is 6.24. The fraction of sp³-hybridized carbons (Fsp3) is 0. The van der Waals surface area contributed by atoms with E-state index in [2.05, 4.69) is 150 Å². The Kier molecular flexibility index (Phi) is 5.50. The minimum absolute atomic E-state index is 0.850. The zero-order valence-electron chi connectivity index (χ0n) is 23.8. The average Bonchev–Trinajstić information content (AvgIpc) is 3.65. The number of para-hydroxylation sites is 3. The summed E-state index contributed by atoms with van der Waals surface area (Å²) in [5, 5.41) is 4.49. The first-order chi connectivity index (χ1) is 21.8. The largest absolute Gasteiger partial charge is 0.455 e. The Morgan fingerprint density at radius 2 is 1.07 bits per heavy atom. The van der Waals surface area contributed by atoms with Crippen LogP contribution in [0.5, 0.6) is 0 Å². The highest BCUT2D eigenvalue weighted by Gasteiger charge is 2.20. The van der Waals surface area contributed by atoms with Gasteiger partial charge in [-0.05, 0) is 59.7 Å². The molecule has 0 aliphatic heterocycles. The highest BCUT2D eigenvalue weighted by atomic mass is 16.3. The lowest BCUT2D eigenvalue weighted by atomic mass is 9.99. The number of hydrogen-bond donors (Lipinski definition) is 0. The van der Waals surface area contributed by atoms with E-state index in [0.717, 1.165) is 77.7 Å². The first-order valence-electron chi connectivity index (χ1n) is 14.9. The zero-order chi connectivity index (χ0) is 29.0. The molecule has 0 N–H and O–H groups in total. The molecule has 9 aromatic rings. The third-order valence-corrected chi connectivity index (χ3v) is 8.59. The molecule has 0 atom stereocenters. The molecule has 0 amide bonds. The van der Waals surface area contributed by atoms with E-state index >= 15 is 0 Å². The lowest BCUT2D eigenvalue weighted by Crippen LogP contribution is -1.92. The molecule has 6 aromatic carbocycles. The predicted octanol–water partition coefficient (Wildman–Crippen LogP) is 11.1. The van der Waals surface area contributed by atoms with E-state index in [1.54, 1.807) is 0 Å². The minimum Gasteiger partial charge on any atom is -0.455 e. The van der Waals surface area contributed by atoms with Gasteiger partial charge in [-0.2, -0.15) is 0 Å². The van der Waals surface area contributed by atoms with E-state index < -0.39 is 0 Å². The van der Waals surface area contributed by atoms with Gasteiger partial charge in [-0.1, -0.05) is 109 Å². The number of hydrogen-bond acceptors (Lipinski definition) is 2. The molecule has 3 aromatic heterocycles. The topological polar surface area (TPSA) is 31.0 Å². The van der Waals surface area contributed by atoms with Crippen LogP contribution in [0.25, 0.3) is 83.1 Å². The maximum atomic E-state index is 6.95. The number of benzene rings is 6. The quantitative estimate of drug-likeness (QED) is 0.214. The molecule has 3 nitrogen and oxygen atoms in total. The molecule has 0 saturated carbocycles. The molecule has 0 spiro atoms. The lowest BCUT2D eigenvalue weighted by Gasteiger charge is -2.10. The van der Waals surface area contributed by atoms with Crippen molar-refractivity contribution in [1.82, 2.24) is 9.55 Å². The van der Waals surface area contributed by atoms with Crippen LogP contribution in [0.1, 0.15) is 0 Å². The number of rotatable bonds is 4. The molecule has 44 heavy (non-hydrogen) atoms. The van der Waals surface area contributed by atoms with Crippen molar-refractivity contribution in [3.63, 3.8) is 0 Å². The minimum atomic E-state index is 0.850. The Balaban J connectivity index is 1.34. The number of pyridine rings is 1. The SMILES string of the molecule is c1ccc(-c2cc(-c3ccccc3)nc(-c3cccc4c3oc3c4ccc4c3c3ccccc3n4-c3ccccc3)c2)cc1.